The first-order valence-electron chi connectivity index (χ1n) is 5.92. The Labute approximate surface area is 115 Å². The van der Waals surface area contributed by atoms with Crippen LogP contribution in [0.15, 0.2) is 40.1 Å². The molecule has 2 N–H and O–H groups in total. The number of aromatic nitrogens is 1. The number of nitrogens with one attached hydrogen (secondary N) is 2. The molecule has 0 spiro atoms. The molecule has 0 aromatic carbocycles. The van der Waals surface area contributed by atoms with Gasteiger partial charge in [0.25, 0.3) is 10.0 Å². The van der Waals surface area contributed by atoms with Crippen molar-refractivity contribution in [1.82, 2.24) is 4.98 Å². The minimum absolute atomic E-state index is 0.299. The Bertz CT molecular complexity index is 647. The Hall–Kier alpha value is -1.60. The summed E-state index contributed by atoms with van der Waals surface area (Å²) >= 11 is 1.19. The number of sulfonamides is 1. The maximum Gasteiger partial charge on any atom is 0.271 e. The van der Waals surface area contributed by atoms with Crippen molar-refractivity contribution in [3.63, 3.8) is 0 Å². The fraction of sp³-hybridized carbons (Fsp3) is 0.250. The van der Waals surface area contributed by atoms with Gasteiger partial charge in [-0.05, 0) is 36.4 Å². The molecule has 0 aliphatic heterocycles. The van der Waals surface area contributed by atoms with Crippen molar-refractivity contribution in [2.75, 3.05) is 10.0 Å². The lowest BCUT2D eigenvalue weighted by Gasteiger charge is -2.07. The summed E-state index contributed by atoms with van der Waals surface area (Å²) in [6.07, 6.45) is 3.87. The maximum absolute atomic E-state index is 12.0. The summed E-state index contributed by atoms with van der Waals surface area (Å²) in [5.41, 5.74) is 0.467. The smallest absolute Gasteiger partial charge is 0.271 e. The lowest BCUT2D eigenvalue weighted by molar-refractivity contribution is 0.603. The van der Waals surface area contributed by atoms with Gasteiger partial charge in [0.2, 0.25) is 0 Å². The van der Waals surface area contributed by atoms with E-state index in [-0.39, 0.29) is 0 Å². The quantitative estimate of drug-likeness (QED) is 0.889. The van der Waals surface area contributed by atoms with Crippen LogP contribution in [0.4, 0.5) is 11.5 Å². The molecule has 2 heterocycles. The molecule has 0 atom stereocenters. The van der Waals surface area contributed by atoms with Crippen LogP contribution in [0.1, 0.15) is 12.8 Å². The van der Waals surface area contributed by atoms with E-state index in [4.69, 9.17) is 0 Å². The Kier molecular flexibility index (Phi) is 3.16. The highest BCUT2D eigenvalue weighted by Crippen LogP contribution is 2.24. The fourth-order valence-electron chi connectivity index (χ4n) is 1.60. The zero-order valence-electron chi connectivity index (χ0n) is 10.0. The summed E-state index contributed by atoms with van der Waals surface area (Å²) in [6, 6.07) is 7.30. The molecule has 1 aliphatic rings. The molecule has 0 unspecified atom stereocenters. The molecule has 19 heavy (non-hydrogen) atoms. The van der Waals surface area contributed by atoms with Crippen LogP contribution in [0.2, 0.25) is 0 Å². The van der Waals surface area contributed by atoms with Crippen molar-refractivity contribution in [3.8, 4) is 0 Å². The first-order valence-corrected chi connectivity index (χ1v) is 8.29. The molecule has 0 amide bonds. The molecular weight excluding hydrogens is 282 g/mol. The van der Waals surface area contributed by atoms with E-state index in [1.807, 2.05) is 0 Å². The third-order valence-electron chi connectivity index (χ3n) is 2.70. The average Bonchev–Trinajstić information content (AvgIpc) is 3.01. The monoisotopic (exact) mass is 295 g/mol. The van der Waals surface area contributed by atoms with Crippen molar-refractivity contribution < 1.29 is 8.42 Å². The average molecular weight is 295 g/mol. The molecule has 0 bridgehead atoms. The Morgan fingerprint density at radius 3 is 2.68 bits per heavy atom. The lowest BCUT2D eigenvalue weighted by Crippen LogP contribution is -2.12. The van der Waals surface area contributed by atoms with Gasteiger partial charge in [-0.1, -0.05) is 6.07 Å². The first kappa shape index (κ1) is 12.4. The van der Waals surface area contributed by atoms with E-state index in [9.17, 15) is 8.42 Å². The zero-order valence-corrected chi connectivity index (χ0v) is 11.7. The predicted molar refractivity (Wildman–Crippen MR) is 76.0 cm³/mol. The van der Waals surface area contributed by atoms with Crippen LogP contribution < -0.4 is 10.0 Å². The second kappa shape index (κ2) is 4.82. The third kappa shape index (κ3) is 3.05. The van der Waals surface area contributed by atoms with Gasteiger partial charge in [-0.3, -0.25) is 4.72 Å². The summed E-state index contributed by atoms with van der Waals surface area (Å²) in [6.45, 7) is 0. The lowest BCUT2D eigenvalue weighted by atomic mass is 10.4. The Morgan fingerprint density at radius 2 is 2.11 bits per heavy atom. The molecule has 1 fully saturated rings. The second-order valence-corrected chi connectivity index (χ2v) is 7.25. The van der Waals surface area contributed by atoms with Crippen LogP contribution in [0, 0.1) is 0 Å². The highest BCUT2D eigenvalue weighted by atomic mass is 32.2. The number of hydrogen-bond donors (Lipinski definition) is 2. The molecule has 2 aromatic rings. The molecule has 0 radical (unpaired) electrons. The van der Waals surface area contributed by atoms with Gasteiger partial charge < -0.3 is 5.32 Å². The van der Waals surface area contributed by atoms with E-state index >= 15 is 0 Å². The summed E-state index contributed by atoms with van der Waals surface area (Å²) in [5, 5.41) is 4.98. The van der Waals surface area contributed by atoms with E-state index in [2.05, 4.69) is 15.0 Å². The number of anilines is 2. The molecule has 1 aliphatic carbocycles. The third-order valence-corrected chi connectivity index (χ3v) is 5.48. The molecule has 0 saturated heterocycles. The van der Waals surface area contributed by atoms with Crippen LogP contribution in [-0.2, 0) is 10.0 Å². The van der Waals surface area contributed by atoms with E-state index in [0.29, 0.717) is 15.9 Å². The van der Waals surface area contributed by atoms with Crippen LogP contribution >= 0.6 is 11.3 Å². The van der Waals surface area contributed by atoms with Crippen LogP contribution in [0.25, 0.3) is 0 Å². The van der Waals surface area contributed by atoms with Gasteiger partial charge in [0, 0.05) is 6.04 Å². The SMILES string of the molecule is O=S(=O)(Nc1ccc(NC2CC2)nc1)c1cccs1. The Balaban J connectivity index is 1.72. The van der Waals surface area contributed by atoms with Crippen molar-refractivity contribution in [3.05, 3.63) is 35.8 Å². The number of thiophene rings is 1. The van der Waals surface area contributed by atoms with E-state index < -0.39 is 10.0 Å². The molecule has 3 rings (SSSR count). The first-order chi connectivity index (χ1) is 9.13. The van der Waals surface area contributed by atoms with Crippen molar-refractivity contribution in [1.29, 1.82) is 0 Å². The number of hydrogen-bond acceptors (Lipinski definition) is 5. The van der Waals surface area contributed by atoms with E-state index in [0.717, 1.165) is 5.82 Å². The minimum Gasteiger partial charge on any atom is -0.367 e. The molecule has 1 saturated carbocycles. The van der Waals surface area contributed by atoms with Gasteiger partial charge in [-0.2, -0.15) is 0 Å². The number of nitrogens with zero attached hydrogens (tertiary/aromatic N) is 1. The molecule has 5 nitrogen and oxygen atoms in total. The standard InChI is InChI=1S/C12H13N3O2S2/c16-19(17,12-2-1-7-18-12)15-10-5-6-11(13-8-10)14-9-3-4-9/h1-2,5-9,15H,3-4H2,(H,13,14). The summed E-state index contributed by atoms with van der Waals surface area (Å²) in [4.78, 5) is 4.19. The van der Waals surface area contributed by atoms with Gasteiger partial charge in [0.05, 0.1) is 11.9 Å². The highest BCUT2D eigenvalue weighted by molar-refractivity contribution is 7.94. The summed E-state index contributed by atoms with van der Waals surface area (Å²) < 4.78 is 26.8. The van der Waals surface area contributed by atoms with Crippen molar-refractivity contribution in [2.45, 2.75) is 23.1 Å². The van der Waals surface area contributed by atoms with Gasteiger partial charge in [-0.25, -0.2) is 13.4 Å². The van der Waals surface area contributed by atoms with Crippen LogP contribution in [0.3, 0.4) is 0 Å². The summed E-state index contributed by atoms with van der Waals surface area (Å²) in [7, 11) is -3.49. The van der Waals surface area contributed by atoms with Gasteiger partial charge >= 0.3 is 0 Å². The number of rotatable bonds is 5. The minimum atomic E-state index is -3.49. The largest absolute Gasteiger partial charge is 0.367 e. The topological polar surface area (TPSA) is 71.1 Å². The van der Waals surface area contributed by atoms with Gasteiger partial charge in [0.1, 0.15) is 10.0 Å². The number of pyridine rings is 1. The normalized spacial score (nSPS) is 15.2. The molecule has 100 valence electrons. The molecule has 7 heteroatoms. The zero-order chi connectivity index (χ0) is 13.3. The second-order valence-electron chi connectivity index (χ2n) is 4.39. The molecular formula is C12H13N3O2S2. The maximum atomic E-state index is 12.0. The Morgan fingerprint density at radius 1 is 1.26 bits per heavy atom. The van der Waals surface area contributed by atoms with E-state index in [1.165, 1.54) is 30.4 Å². The van der Waals surface area contributed by atoms with Gasteiger partial charge in [0.15, 0.2) is 0 Å². The van der Waals surface area contributed by atoms with Crippen molar-refractivity contribution >= 4 is 32.9 Å². The highest BCUT2D eigenvalue weighted by Gasteiger charge is 2.21. The molecule has 2 aromatic heterocycles. The predicted octanol–water partition coefficient (Wildman–Crippen LogP) is 2.52. The summed E-state index contributed by atoms with van der Waals surface area (Å²) in [5.74, 6) is 0.779. The van der Waals surface area contributed by atoms with E-state index in [1.54, 1.807) is 29.6 Å². The fourth-order valence-corrected chi connectivity index (χ4v) is 3.63. The van der Waals surface area contributed by atoms with Crippen LogP contribution in [-0.4, -0.2) is 19.4 Å². The van der Waals surface area contributed by atoms with Gasteiger partial charge in [-0.15, -0.1) is 11.3 Å². The van der Waals surface area contributed by atoms with Crippen molar-refractivity contribution in [2.24, 2.45) is 0 Å². The van der Waals surface area contributed by atoms with Crippen LogP contribution in [0.5, 0.6) is 0 Å².